The maximum atomic E-state index is 12.2. The third-order valence-electron chi connectivity index (χ3n) is 2.66. The first-order chi connectivity index (χ1) is 5.60. The number of halogens is 3. The molecule has 1 aliphatic rings. The van der Waals surface area contributed by atoms with Crippen molar-refractivity contribution in [2.45, 2.75) is 32.3 Å². The normalized spacial score (nSPS) is 36.2. The Kier molecular flexibility index (Phi) is 3.47. The maximum absolute atomic E-state index is 12.2. The summed E-state index contributed by atoms with van der Waals surface area (Å²) in [5.41, 5.74) is -0.339. The molecule has 0 aromatic carbocycles. The van der Waals surface area contributed by atoms with E-state index in [-0.39, 0.29) is 17.9 Å². The molecule has 12 heavy (non-hydrogen) atoms. The molecule has 1 rings (SSSR count). The van der Waals surface area contributed by atoms with Crippen molar-refractivity contribution in [2.75, 3.05) is 11.9 Å². The van der Waals surface area contributed by atoms with Gasteiger partial charge in [0.1, 0.15) is 0 Å². The average Bonchev–Trinajstić information content (AvgIpc) is 2.32. The molecule has 0 radical (unpaired) electrons. The van der Waals surface area contributed by atoms with Crippen LogP contribution in [0.5, 0.6) is 0 Å². The average molecular weight is 243 g/mol. The van der Waals surface area contributed by atoms with Crippen LogP contribution in [0.3, 0.4) is 0 Å². The molecule has 2 atom stereocenters. The summed E-state index contributed by atoms with van der Waals surface area (Å²) in [4.78, 5) is 0. The molecule has 1 fully saturated rings. The molecule has 1 aliphatic heterocycles. The largest absolute Gasteiger partial charge is 0.378 e. The number of hydrogen-bond donors (Lipinski definition) is 0. The molecule has 0 aromatic rings. The highest BCUT2D eigenvalue weighted by atomic mass is 79.9. The molecular weight excluding hydrogens is 230 g/mol. The quantitative estimate of drug-likeness (QED) is 0.692. The van der Waals surface area contributed by atoms with Gasteiger partial charge in [0.25, 0.3) is 0 Å². The van der Waals surface area contributed by atoms with E-state index < -0.39 is 6.43 Å². The Morgan fingerprint density at radius 2 is 2.33 bits per heavy atom. The van der Waals surface area contributed by atoms with Crippen LogP contribution in [0.2, 0.25) is 0 Å². The first kappa shape index (κ1) is 10.4. The molecular formula is C8H13BrF2O. The Labute approximate surface area is 79.6 Å². The van der Waals surface area contributed by atoms with Crippen molar-refractivity contribution in [3.63, 3.8) is 0 Å². The Bertz CT molecular complexity index is 154. The van der Waals surface area contributed by atoms with Crippen LogP contribution in [-0.2, 0) is 4.74 Å². The van der Waals surface area contributed by atoms with E-state index in [0.29, 0.717) is 11.9 Å². The lowest BCUT2D eigenvalue weighted by Gasteiger charge is -2.29. The van der Waals surface area contributed by atoms with E-state index in [1.807, 2.05) is 6.92 Å². The van der Waals surface area contributed by atoms with Gasteiger partial charge in [-0.15, -0.1) is 0 Å². The molecule has 0 aliphatic carbocycles. The smallest absolute Gasteiger partial charge is 0.239 e. The number of hydrogen-bond acceptors (Lipinski definition) is 1. The van der Waals surface area contributed by atoms with Gasteiger partial charge in [0, 0.05) is 23.8 Å². The molecule has 0 amide bonds. The summed E-state index contributed by atoms with van der Waals surface area (Å²) in [5, 5.41) is 0.603. The lowest BCUT2D eigenvalue weighted by Crippen LogP contribution is -2.32. The fourth-order valence-corrected chi connectivity index (χ4v) is 2.59. The summed E-state index contributed by atoms with van der Waals surface area (Å²) in [6.07, 6.45) is -1.60. The van der Waals surface area contributed by atoms with Crippen LogP contribution in [-0.4, -0.2) is 24.5 Å². The van der Waals surface area contributed by atoms with Crippen molar-refractivity contribution in [3.05, 3.63) is 0 Å². The minimum Gasteiger partial charge on any atom is -0.378 e. The first-order valence-corrected chi connectivity index (χ1v) is 5.18. The Hall–Kier alpha value is 0.300. The summed E-state index contributed by atoms with van der Waals surface area (Å²) in [6, 6.07) is 0. The van der Waals surface area contributed by atoms with Gasteiger partial charge in [-0.3, -0.25) is 0 Å². The van der Waals surface area contributed by atoms with Crippen molar-refractivity contribution in [1.82, 2.24) is 0 Å². The highest BCUT2D eigenvalue weighted by Crippen LogP contribution is 2.41. The van der Waals surface area contributed by atoms with Gasteiger partial charge in [-0.2, -0.15) is 0 Å². The third kappa shape index (κ3) is 1.96. The maximum Gasteiger partial charge on any atom is 0.239 e. The predicted octanol–water partition coefficient (Wildman–Crippen LogP) is 2.83. The van der Waals surface area contributed by atoms with Crippen molar-refractivity contribution >= 4 is 15.9 Å². The molecule has 0 aromatic heterocycles. The molecule has 0 N–H and O–H groups in total. The van der Waals surface area contributed by atoms with Crippen LogP contribution >= 0.6 is 15.9 Å². The molecule has 0 bridgehead atoms. The van der Waals surface area contributed by atoms with Gasteiger partial charge in [-0.1, -0.05) is 15.9 Å². The van der Waals surface area contributed by atoms with Crippen molar-refractivity contribution in [2.24, 2.45) is 5.41 Å². The number of ether oxygens (including phenoxy) is 1. The van der Waals surface area contributed by atoms with Gasteiger partial charge in [0.15, 0.2) is 0 Å². The van der Waals surface area contributed by atoms with Crippen molar-refractivity contribution < 1.29 is 13.5 Å². The van der Waals surface area contributed by atoms with Crippen LogP contribution in [0.25, 0.3) is 0 Å². The molecule has 2 unspecified atom stereocenters. The molecule has 4 heteroatoms. The number of alkyl halides is 3. The topological polar surface area (TPSA) is 9.23 Å². The molecule has 0 spiro atoms. The summed E-state index contributed by atoms with van der Waals surface area (Å²) in [6.45, 7) is 2.48. The fourth-order valence-electron chi connectivity index (χ4n) is 1.62. The molecule has 1 nitrogen and oxygen atoms in total. The van der Waals surface area contributed by atoms with Gasteiger partial charge < -0.3 is 4.74 Å². The van der Waals surface area contributed by atoms with Crippen LogP contribution in [0.1, 0.15) is 19.8 Å². The monoisotopic (exact) mass is 242 g/mol. The van der Waals surface area contributed by atoms with Crippen molar-refractivity contribution in [3.8, 4) is 0 Å². The molecule has 1 heterocycles. The van der Waals surface area contributed by atoms with E-state index in [4.69, 9.17) is 4.74 Å². The van der Waals surface area contributed by atoms with Crippen LogP contribution in [0, 0.1) is 5.41 Å². The lowest BCUT2D eigenvalue weighted by molar-refractivity contribution is 0.0273. The zero-order valence-electron chi connectivity index (χ0n) is 7.03. The predicted molar refractivity (Wildman–Crippen MR) is 46.9 cm³/mol. The Balaban J connectivity index is 2.61. The van der Waals surface area contributed by atoms with Crippen LogP contribution in [0.4, 0.5) is 8.78 Å². The zero-order valence-corrected chi connectivity index (χ0v) is 8.61. The van der Waals surface area contributed by atoms with E-state index >= 15 is 0 Å². The summed E-state index contributed by atoms with van der Waals surface area (Å²) in [7, 11) is 0. The molecule has 0 saturated carbocycles. The first-order valence-electron chi connectivity index (χ1n) is 4.06. The third-order valence-corrected chi connectivity index (χ3v) is 3.77. The Morgan fingerprint density at radius 3 is 2.67 bits per heavy atom. The van der Waals surface area contributed by atoms with E-state index in [1.165, 1.54) is 0 Å². The minimum absolute atomic E-state index is 0.0501. The highest BCUT2D eigenvalue weighted by molar-refractivity contribution is 9.09. The lowest BCUT2D eigenvalue weighted by atomic mass is 9.81. The second-order valence-corrected chi connectivity index (χ2v) is 3.91. The van der Waals surface area contributed by atoms with E-state index in [1.54, 1.807) is 0 Å². The highest BCUT2D eigenvalue weighted by Gasteiger charge is 2.42. The van der Waals surface area contributed by atoms with Gasteiger partial charge in [-0.25, -0.2) is 8.78 Å². The SMILES string of the molecule is CC1OCCC1(CBr)CC(F)F. The number of rotatable bonds is 3. The zero-order chi connectivity index (χ0) is 9.19. The standard InChI is InChI=1S/C8H13BrF2O/c1-6-8(5-9,2-3-12-6)4-7(10)11/h6-7H,2-5H2,1H3. The summed E-state index contributed by atoms with van der Waals surface area (Å²) < 4.78 is 29.7. The van der Waals surface area contributed by atoms with Gasteiger partial charge in [0.2, 0.25) is 6.43 Å². The van der Waals surface area contributed by atoms with Gasteiger partial charge in [-0.05, 0) is 13.3 Å². The van der Waals surface area contributed by atoms with Crippen LogP contribution in [0.15, 0.2) is 0 Å². The fraction of sp³-hybridized carbons (Fsp3) is 1.00. The second-order valence-electron chi connectivity index (χ2n) is 3.35. The Morgan fingerprint density at radius 1 is 1.67 bits per heavy atom. The molecule has 72 valence electrons. The van der Waals surface area contributed by atoms with E-state index in [9.17, 15) is 8.78 Å². The summed E-state index contributed by atoms with van der Waals surface area (Å²) >= 11 is 3.29. The second kappa shape index (κ2) is 4.01. The summed E-state index contributed by atoms with van der Waals surface area (Å²) in [5.74, 6) is 0. The van der Waals surface area contributed by atoms with Gasteiger partial charge in [0.05, 0.1) is 6.10 Å². The van der Waals surface area contributed by atoms with E-state index in [2.05, 4.69) is 15.9 Å². The molecule has 1 saturated heterocycles. The van der Waals surface area contributed by atoms with Crippen LogP contribution < -0.4 is 0 Å². The minimum atomic E-state index is -2.23. The van der Waals surface area contributed by atoms with Gasteiger partial charge >= 0.3 is 0 Å². The van der Waals surface area contributed by atoms with E-state index in [0.717, 1.165) is 6.42 Å². The van der Waals surface area contributed by atoms with Crippen molar-refractivity contribution in [1.29, 1.82) is 0 Å².